The van der Waals surface area contributed by atoms with Crippen molar-refractivity contribution in [1.82, 2.24) is 30.4 Å². The summed E-state index contributed by atoms with van der Waals surface area (Å²) in [5, 5.41) is 18.6. The van der Waals surface area contributed by atoms with Crippen molar-refractivity contribution in [1.29, 1.82) is 0 Å². The molecule has 1 unspecified atom stereocenters. The zero-order valence-electron chi connectivity index (χ0n) is 37.7. The molecule has 0 spiro atoms. The van der Waals surface area contributed by atoms with Crippen molar-refractivity contribution in [2.24, 2.45) is 5.73 Å². The molecule has 5 amide bonds. The van der Waals surface area contributed by atoms with E-state index in [1.54, 1.807) is 18.2 Å². The van der Waals surface area contributed by atoms with Crippen molar-refractivity contribution in [3.8, 4) is 29.0 Å². The van der Waals surface area contributed by atoms with Crippen molar-refractivity contribution >= 4 is 52.4 Å². The lowest BCUT2D eigenvalue weighted by Gasteiger charge is -2.32. The standard InChI is InChI=1S/C47H55N7O14/c1-2-14-47(34-25-37-43-31(23-30-24-32(55)10-11-36(30)52-43)27-54(37)45(62)33(34)28-67-46(47)63)68-42(60)26-51-44(61)35(48)8-5-6-15-49-39(57)29-66-22-21-65-20-19-64-18-16-50-38(56)9-4-3-7-17-53-40(58)12-13-41(53)59/h10-13,23-25,35,55H,3-9,15-22,26-29,48H2,1H3,(H,49,57)(H,50,56)(H,51,61)/t35?,47-/m0/s1. The van der Waals surface area contributed by atoms with Crippen molar-refractivity contribution in [2.45, 2.75) is 76.7 Å². The summed E-state index contributed by atoms with van der Waals surface area (Å²) in [5.74, 6) is 1.61. The Hall–Kier alpha value is -6.99. The molecule has 21 nitrogen and oxygen atoms in total. The number of aromatic hydroxyl groups is 1. The van der Waals surface area contributed by atoms with E-state index >= 15 is 0 Å². The molecule has 3 aliphatic heterocycles. The summed E-state index contributed by atoms with van der Waals surface area (Å²) in [4.78, 5) is 106. The molecule has 0 saturated heterocycles. The van der Waals surface area contributed by atoms with Crippen LogP contribution < -0.4 is 27.2 Å². The molecule has 0 aliphatic carbocycles. The predicted octanol–water partition coefficient (Wildman–Crippen LogP) is 0.331. The number of carbonyl (C=O) groups excluding carboxylic acids is 7. The summed E-state index contributed by atoms with van der Waals surface area (Å²) in [6, 6.07) is 7.09. The van der Waals surface area contributed by atoms with E-state index in [9.17, 15) is 43.5 Å². The topological polar surface area (TPSA) is 286 Å². The maximum atomic E-state index is 13.8. The highest BCUT2D eigenvalue weighted by Gasteiger charge is 2.51. The number of hydrogen-bond acceptors (Lipinski definition) is 16. The normalized spacial score (nSPS) is 16.0. The SMILES string of the molecule is CC#C[C@@]1(OC(=O)CNC(=O)C(N)CCCCNC(=O)COCCOCCOCCNC(=O)CCCCCN2C(=O)C=CC2=O)C(=O)OCc2c1cc1n(c2=O)Cc2cc3cc(O)ccc3nc2-1. The van der Waals surface area contributed by atoms with Gasteiger partial charge in [0.15, 0.2) is 0 Å². The number of pyridine rings is 2. The van der Waals surface area contributed by atoms with E-state index in [1.165, 1.54) is 34.6 Å². The molecule has 6 N–H and O–H groups in total. The van der Waals surface area contributed by atoms with Gasteiger partial charge in [-0.05, 0) is 75.3 Å². The van der Waals surface area contributed by atoms with Crippen LogP contribution in [0.2, 0.25) is 0 Å². The number of phenols is 1. The highest BCUT2D eigenvalue weighted by molar-refractivity contribution is 6.12. The second kappa shape index (κ2) is 24.2. The molecular weight excluding hydrogens is 887 g/mol. The molecule has 2 atom stereocenters. The molecule has 68 heavy (non-hydrogen) atoms. The minimum absolute atomic E-state index is 0.0360. The van der Waals surface area contributed by atoms with Gasteiger partial charge in [-0.25, -0.2) is 9.78 Å². The zero-order valence-corrected chi connectivity index (χ0v) is 37.7. The molecule has 3 aromatic rings. The van der Waals surface area contributed by atoms with E-state index in [4.69, 9.17) is 34.4 Å². The maximum absolute atomic E-state index is 13.8. The molecule has 1 aromatic carbocycles. The lowest BCUT2D eigenvalue weighted by molar-refractivity contribution is -0.180. The van der Waals surface area contributed by atoms with Gasteiger partial charge in [0.2, 0.25) is 17.7 Å². The van der Waals surface area contributed by atoms with Gasteiger partial charge in [-0.3, -0.25) is 38.5 Å². The number of carbonyl (C=O) groups is 7. The molecule has 362 valence electrons. The number of nitrogens with one attached hydrogen (secondary N) is 3. The molecule has 0 bridgehead atoms. The maximum Gasteiger partial charge on any atom is 0.369 e. The first-order valence-electron chi connectivity index (χ1n) is 22.4. The van der Waals surface area contributed by atoms with Crippen LogP contribution in [0.1, 0.15) is 68.6 Å². The van der Waals surface area contributed by atoms with Crippen LogP contribution in [0, 0.1) is 11.8 Å². The fourth-order valence-corrected chi connectivity index (χ4v) is 7.72. The Morgan fingerprint density at radius 2 is 1.62 bits per heavy atom. The molecule has 2 aromatic heterocycles. The van der Waals surface area contributed by atoms with Gasteiger partial charge < -0.3 is 55.0 Å². The summed E-state index contributed by atoms with van der Waals surface area (Å²) in [6.45, 7) is 2.79. The van der Waals surface area contributed by atoms with Gasteiger partial charge in [0.05, 0.1) is 68.1 Å². The van der Waals surface area contributed by atoms with E-state index < -0.39 is 41.6 Å². The Morgan fingerprint density at radius 3 is 2.38 bits per heavy atom. The van der Waals surface area contributed by atoms with Gasteiger partial charge >= 0.3 is 11.9 Å². The van der Waals surface area contributed by atoms with Crippen molar-refractivity contribution in [2.75, 3.05) is 65.8 Å². The molecule has 0 saturated carbocycles. The van der Waals surface area contributed by atoms with Crippen LogP contribution in [-0.4, -0.2) is 133 Å². The van der Waals surface area contributed by atoms with Crippen LogP contribution >= 0.6 is 0 Å². The second-order valence-electron chi connectivity index (χ2n) is 16.1. The summed E-state index contributed by atoms with van der Waals surface area (Å²) < 4.78 is 28.7. The second-order valence-corrected chi connectivity index (χ2v) is 16.1. The molecular formula is C47H55N7O14. The number of aromatic nitrogens is 2. The van der Waals surface area contributed by atoms with Crippen molar-refractivity contribution < 1.29 is 62.4 Å². The number of rotatable bonds is 26. The van der Waals surface area contributed by atoms with E-state index in [-0.39, 0.29) is 79.9 Å². The van der Waals surface area contributed by atoms with Gasteiger partial charge in [-0.15, -0.1) is 5.92 Å². The first kappa shape index (κ1) is 50.4. The third kappa shape index (κ3) is 12.9. The lowest BCUT2D eigenvalue weighted by atomic mass is 9.88. The Bertz CT molecular complexity index is 2550. The van der Waals surface area contributed by atoms with Crippen LogP contribution in [0.3, 0.4) is 0 Å². The number of phenolic OH excluding ortho intramolecular Hbond substituents is 1. The Balaban J connectivity index is 0.804. The number of nitrogens with zero attached hydrogens (tertiary/aromatic N) is 3. The fourth-order valence-electron chi connectivity index (χ4n) is 7.72. The van der Waals surface area contributed by atoms with Gasteiger partial charge in [-0.1, -0.05) is 6.42 Å². The van der Waals surface area contributed by atoms with Crippen LogP contribution in [-0.2, 0) is 76.0 Å². The number of unbranched alkanes of at least 4 members (excludes halogenated alkanes) is 3. The quantitative estimate of drug-likeness (QED) is 0.0245. The highest BCUT2D eigenvalue weighted by Crippen LogP contribution is 2.39. The van der Waals surface area contributed by atoms with Crippen molar-refractivity contribution in [3.63, 3.8) is 0 Å². The van der Waals surface area contributed by atoms with Gasteiger partial charge in [0.1, 0.15) is 25.5 Å². The van der Waals surface area contributed by atoms with Crippen molar-refractivity contribution in [3.05, 3.63) is 69.5 Å². The van der Waals surface area contributed by atoms with E-state index in [0.29, 0.717) is 99.4 Å². The number of nitrogens with two attached hydrogens (primary N) is 1. The monoisotopic (exact) mass is 941 g/mol. The number of hydrogen-bond donors (Lipinski definition) is 5. The fraction of sp³-hybridized carbons (Fsp3) is 0.468. The van der Waals surface area contributed by atoms with Crippen LogP contribution in [0.4, 0.5) is 0 Å². The van der Waals surface area contributed by atoms with E-state index in [0.717, 1.165) is 6.42 Å². The Kier molecular flexibility index (Phi) is 17.9. The number of benzene rings is 1. The first-order valence-corrected chi connectivity index (χ1v) is 22.4. The summed E-state index contributed by atoms with van der Waals surface area (Å²) in [6.07, 6.45) is 6.08. The third-order valence-corrected chi connectivity index (χ3v) is 11.2. The third-order valence-electron chi connectivity index (χ3n) is 11.2. The number of fused-ring (bicyclic) bond motifs is 5. The van der Waals surface area contributed by atoms with Gasteiger partial charge in [0.25, 0.3) is 23.0 Å². The average Bonchev–Trinajstić information content (AvgIpc) is 3.84. The largest absolute Gasteiger partial charge is 0.508 e. The summed E-state index contributed by atoms with van der Waals surface area (Å²) in [7, 11) is 0. The molecule has 0 fully saturated rings. The van der Waals surface area contributed by atoms with Gasteiger partial charge in [0, 0.05) is 54.7 Å². The number of amides is 5. The molecule has 0 radical (unpaired) electrons. The zero-order chi connectivity index (χ0) is 48.6. The Labute approximate surface area is 391 Å². The first-order chi connectivity index (χ1) is 32.8. The molecule has 21 heteroatoms. The number of ether oxygens (including phenoxy) is 5. The highest BCUT2D eigenvalue weighted by atomic mass is 16.6. The smallest absolute Gasteiger partial charge is 0.369 e. The van der Waals surface area contributed by atoms with E-state index in [1.807, 2.05) is 6.07 Å². The Morgan fingerprint density at radius 1 is 0.882 bits per heavy atom. The molecule has 6 rings (SSSR count). The van der Waals surface area contributed by atoms with Crippen LogP contribution in [0.15, 0.2) is 47.3 Å². The average molecular weight is 942 g/mol. The predicted molar refractivity (Wildman–Crippen MR) is 241 cm³/mol. The summed E-state index contributed by atoms with van der Waals surface area (Å²) >= 11 is 0. The van der Waals surface area contributed by atoms with Crippen LogP contribution in [0.25, 0.3) is 22.3 Å². The van der Waals surface area contributed by atoms with Crippen LogP contribution in [0.5, 0.6) is 5.75 Å². The number of cyclic esters (lactones) is 1. The summed E-state index contributed by atoms with van der Waals surface area (Å²) in [5.41, 5.74) is 5.53. The van der Waals surface area contributed by atoms with E-state index in [2.05, 4.69) is 27.8 Å². The molecule has 3 aliphatic rings. The minimum atomic E-state index is -2.30. The number of imide groups is 1. The lowest BCUT2D eigenvalue weighted by Crippen LogP contribution is -2.49. The van der Waals surface area contributed by atoms with Gasteiger partial charge in [-0.2, -0.15) is 0 Å². The number of esters is 2. The minimum Gasteiger partial charge on any atom is -0.508 e. The molecule has 5 heterocycles.